The van der Waals surface area contributed by atoms with E-state index in [9.17, 15) is 24.3 Å². The van der Waals surface area contributed by atoms with Gasteiger partial charge in [0, 0.05) is 0 Å². The zero-order valence-corrected chi connectivity index (χ0v) is 7.72. The van der Waals surface area contributed by atoms with Gasteiger partial charge in [0.25, 0.3) is 5.56 Å². The van der Waals surface area contributed by atoms with Gasteiger partial charge in [-0.15, -0.1) is 4.73 Å². The van der Waals surface area contributed by atoms with Crippen LogP contribution in [0.15, 0.2) is 17.1 Å². The maximum atomic E-state index is 12.9. The van der Waals surface area contributed by atoms with Crippen LogP contribution in [0.5, 0.6) is 5.75 Å². The SMILES string of the molecule is O=Cc1c(O)c2cc(F)cnc2n(O)c1=O. The summed E-state index contributed by atoms with van der Waals surface area (Å²) >= 11 is 0. The standard InChI is InChI=1S/C9H5FN2O4/c10-4-1-5-7(14)6(3-13)9(15)12(16)8(5)11-2-4/h1-3,14,16H. The monoisotopic (exact) mass is 224 g/mol. The van der Waals surface area contributed by atoms with E-state index in [1.807, 2.05) is 0 Å². The van der Waals surface area contributed by atoms with Gasteiger partial charge in [-0.2, -0.15) is 0 Å². The summed E-state index contributed by atoms with van der Waals surface area (Å²) in [6.45, 7) is 0. The van der Waals surface area contributed by atoms with Gasteiger partial charge in [-0.05, 0) is 6.07 Å². The second-order valence-electron chi connectivity index (χ2n) is 3.02. The highest BCUT2D eigenvalue weighted by molar-refractivity contribution is 5.91. The number of nitrogens with zero attached hydrogens (tertiary/aromatic N) is 2. The molecule has 2 heterocycles. The quantitative estimate of drug-likeness (QED) is 0.536. The molecule has 2 aromatic heterocycles. The van der Waals surface area contributed by atoms with Gasteiger partial charge in [0.15, 0.2) is 11.9 Å². The van der Waals surface area contributed by atoms with Crippen LogP contribution in [0.4, 0.5) is 4.39 Å². The highest BCUT2D eigenvalue weighted by atomic mass is 19.1. The fraction of sp³-hybridized carbons (Fsp3) is 0. The minimum absolute atomic E-state index is 0.0781. The first-order chi connectivity index (χ1) is 7.56. The molecule has 0 atom stereocenters. The van der Waals surface area contributed by atoms with Crippen molar-refractivity contribution >= 4 is 17.3 Å². The number of halogens is 1. The topological polar surface area (TPSA) is 92.4 Å². The Kier molecular flexibility index (Phi) is 2.08. The van der Waals surface area contributed by atoms with E-state index in [4.69, 9.17) is 0 Å². The summed E-state index contributed by atoms with van der Waals surface area (Å²) in [5.41, 5.74) is -2.09. The van der Waals surface area contributed by atoms with E-state index in [0.29, 0.717) is 0 Å². The highest BCUT2D eigenvalue weighted by Crippen LogP contribution is 2.23. The number of pyridine rings is 2. The first-order valence-electron chi connectivity index (χ1n) is 4.14. The summed E-state index contributed by atoms with van der Waals surface area (Å²) in [4.78, 5) is 25.3. The molecule has 0 unspecified atom stereocenters. The second-order valence-corrected chi connectivity index (χ2v) is 3.02. The van der Waals surface area contributed by atoms with Gasteiger partial charge in [0.1, 0.15) is 17.1 Å². The van der Waals surface area contributed by atoms with E-state index in [1.165, 1.54) is 0 Å². The summed E-state index contributed by atoms with van der Waals surface area (Å²) < 4.78 is 12.9. The molecule has 6 nitrogen and oxygen atoms in total. The van der Waals surface area contributed by atoms with Crippen molar-refractivity contribution in [2.45, 2.75) is 0 Å². The number of rotatable bonds is 1. The van der Waals surface area contributed by atoms with Crippen molar-refractivity contribution in [1.82, 2.24) is 9.71 Å². The predicted octanol–water partition coefficient (Wildman–Crippen LogP) is 0.291. The van der Waals surface area contributed by atoms with Gasteiger partial charge in [0.05, 0.1) is 11.6 Å². The molecule has 2 rings (SSSR count). The molecule has 0 aliphatic rings. The van der Waals surface area contributed by atoms with Gasteiger partial charge in [0.2, 0.25) is 0 Å². The lowest BCUT2D eigenvalue weighted by Crippen LogP contribution is -2.22. The molecule has 0 saturated heterocycles. The average Bonchev–Trinajstić information content (AvgIpc) is 2.27. The number of carbonyl (C=O) groups excluding carboxylic acids is 1. The van der Waals surface area contributed by atoms with Crippen LogP contribution in [-0.4, -0.2) is 26.3 Å². The molecule has 0 amide bonds. The number of fused-ring (bicyclic) bond motifs is 1. The normalized spacial score (nSPS) is 10.6. The third-order valence-electron chi connectivity index (χ3n) is 2.08. The second kappa shape index (κ2) is 3.30. The first-order valence-corrected chi connectivity index (χ1v) is 4.14. The number of carbonyl (C=O) groups is 1. The van der Waals surface area contributed by atoms with Crippen LogP contribution in [-0.2, 0) is 0 Å². The number of aldehydes is 1. The fourth-order valence-corrected chi connectivity index (χ4v) is 1.34. The Labute approximate surface area is 87.2 Å². The van der Waals surface area contributed by atoms with Crippen molar-refractivity contribution in [1.29, 1.82) is 0 Å². The van der Waals surface area contributed by atoms with Crippen molar-refractivity contribution in [3.63, 3.8) is 0 Å². The van der Waals surface area contributed by atoms with Crippen LogP contribution < -0.4 is 5.56 Å². The third kappa shape index (κ3) is 1.22. The Morgan fingerprint density at radius 2 is 2.19 bits per heavy atom. The fourth-order valence-electron chi connectivity index (χ4n) is 1.34. The maximum absolute atomic E-state index is 12.9. The van der Waals surface area contributed by atoms with Crippen LogP contribution in [0.25, 0.3) is 11.0 Å². The van der Waals surface area contributed by atoms with Crippen LogP contribution in [0, 0.1) is 5.82 Å². The van der Waals surface area contributed by atoms with Crippen molar-refractivity contribution < 1.29 is 19.5 Å². The van der Waals surface area contributed by atoms with Gasteiger partial charge >= 0.3 is 0 Å². The largest absolute Gasteiger partial charge is 0.506 e. The Morgan fingerprint density at radius 1 is 1.50 bits per heavy atom. The lowest BCUT2D eigenvalue weighted by molar-refractivity contribution is 0.111. The molecule has 0 bridgehead atoms. The molecule has 0 aliphatic heterocycles. The zero-order chi connectivity index (χ0) is 11.9. The Morgan fingerprint density at radius 3 is 2.81 bits per heavy atom. The molecule has 0 saturated carbocycles. The van der Waals surface area contributed by atoms with E-state index in [-0.39, 0.29) is 22.0 Å². The molecule has 0 fully saturated rings. The summed E-state index contributed by atoms with van der Waals surface area (Å²) in [6, 6.07) is 0.858. The van der Waals surface area contributed by atoms with Gasteiger partial charge < -0.3 is 10.3 Å². The summed E-state index contributed by atoms with van der Waals surface area (Å²) in [5.74, 6) is -1.47. The number of hydrogen-bond acceptors (Lipinski definition) is 5. The van der Waals surface area contributed by atoms with E-state index in [1.54, 1.807) is 0 Å². The molecule has 0 aromatic carbocycles. The molecular weight excluding hydrogens is 219 g/mol. The molecular formula is C9H5FN2O4. The summed E-state index contributed by atoms with van der Waals surface area (Å²) in [6.07, 6.45) is 0.850. The van der Waals surface area contributed by atoms with Crippen LogP contribution in [0.1, 0.15) is 10.4 Å². The Bertz CT molecular complexity index is 650. The molecule has 16 heavy (non-hydrogen) atoms. The molecule has 7 heteroatoms. The Hall–Kier alpha value is -2.44. The van der Waals surface area contributed by atoms with Crippen molar-refractivity contribution in [2.24, 2.45) is 0 Å². The molecule has 0 radical (unpaired) electrons. The number of hydrogen-bond donors (Lipinski definition) is 2. The van der Waals surface area contributed by atoms with Gasteiger partial charge in [-0.25, -0.2) is 9.37 Å². The van der Waals surface area contributed by atoms with Crippen LogP contribution >= 0.6 is 0 Å². The highest BCUT2D eigenvalue weighted by Gasteiger charge is 2.16. The lowest BCUT2D eigenvalue weighted by atomic mass is 10.2. The maximum Gasteiger partial charge on any atom is 0.299 e. The third-order valence-corrected chi connectivity index (χ3v) is 2.08. The predicted molar refractivity (Wildman–Crippen MR) is 50.2 cm³/mol. The molecule has 0 spiro atoms. The summed E-state index contributed by atoms with van der Waals surface area (Å²) in [7, 11) is 0. The van der Waals surface area contributed by atoms with Crippen molar-refractivity contribution in [3.05, 3.63) is 34.0 Å². The lowest BCUT2D eigenvalue weighted by Gasteiger charge is -2.05. The van der Waals surface area contributed by atoms with Crippen LogP contribution in [0.2, 0.25) is 0 Å². The van der Waals surface area contributed by atoms with E-state index >= 15 is 0 Å². The van der Waals surface area contributed by atoms with Gasteiger partial charge in [-0.1, -0.05) is 0 Å². The summed E-state index contributed by atoms with van der Waals surface area (Å²) in [5, 5.41) is 18.6. The van der Waals surface area contributed by atoms with E-state index in [2.05, 4.69) is 4.98 Å². The van der Waals surface area contributed by atoms with Crippen molar-refractivity contribution in [2.75, 3.05) is 0 Å². The molecule has 82 valence electrons. The Balaban J connectivity index is 3.08. The minimum atomic E-state index is -1.11. The van der Waals surface area contributed by atoms with E-state index in [0.717, 1.165) is 12.3 Å². The first kappa shape index (κ1) is 10.1. The van der Waals surface area contributed by atoms with Crippen molar-refractivity contribution in [3.8, 4) is 5.75 Å². The zero-order valence-electron chi connectivity index (χ0n) is 7.72. The van der Waals surface area contributed by atoms with Gasteiger partial charge in [-0.3, -0.25) is 9.59 Å². The molecule has 2 aromatic rings. The number of aromatic nitrogens is 2. The van der Waals surface area contributed by atoms with Crippen LogP contribution in [0.3, 0.4) is 0 Å². The average molecular weight is 224 g/mol. The number of aromatic hydroxyl groups is 1. The molecule has 0 aliphatic carbocycles. The minimum Gasteiger partial charge on any atom is -0.506 e. The van der Waals surface area contributed by atoms with E-state index < -0.39 is 22.7 Å². The smallest absolute Gasteiger partial charge is 0.299 e. The molecule has 2 N–H and O–H groups in total.